The number of aliphatic hydroxyl groups is 1. The zero-order chi connectivity index (χ0) is 13.7. The summed E-state index contributed by atoms with van der Waals surface area (Å²) in [7, 11) is 0. The first-order valence-electron chi connectivity index (χ1n) is 7.24. The van der Waals surface area contributed by atoms with Gasteiger partial charge in [0.1, 0.15) is 18.5 Å². The summed E-state index contributed by atoms with van der Waals surface area (Å²) in [6.07, 6.45) is 2.07. The van der Waals surface area contributed by atoms with E-state index in [1.165, 1.54) is 12.8 Å². The highest BCUT2D eigenvalue weighted by molar-refractivity contribution is 5.31. The lowest BCUT2D eigenvalue weighted by Gasteiger charge is -2.31. The van der Waals surface area contributed by atoms with Crippen LogP contribution in [-0.4, -0.2) is 42.4 Å². The monoisotopic (exact) mass is 263 g/mol. The van der Waals surface area contributed by atoms with Crippen molar-refractivity contribution in [1.29, 1.82) is 0 Å². The summed E-state index contributed by atoms with van der Waals surface area (Å²) in [6, 6.07) is 7.92. The lowest BCUT2D eigenvalue weighted by molar-refractivity contribution is 0.0561. The number of likely N-dealkylation sites (tertiary alicyclic amines) is 1. The normalized spacial score (nSPS) is 19.3. The zero-order valence-corrected chi connectivity index (χ0v) is 12.0. The van der Waals surface area contributed by atoms with E-state index < -0.39 is 6.10 Å². The second-order valence-corrected chi connectivity index (χ2v) is 5.71. The summed E-state index contributed by atoms with van der Waals surface area (Å²) in [4.78, 5) is 2.34. The van der Waals surface area contributed by atoms with E-state index in [0.717, 1.165) is 36.9 Å². The number of aliphatic hydroxyl groups excluding tert-OH is 1. The number of β-amino-alcohol motifs (C(OH)–C–C–N with tert-alkyl or cyclic N) is 1. The minimum absolute atomic E-state index is 0.372. The fourth-order valence-electron chi connectivity index (χ4n) is 2.50. The topological polar surface area (TPSA) is 32.7 Å². The van der Waals surface area contributed by atoms with E-state index in [1.807, 2.05) is 31.2 Å². The van der Waals surface area contributed by atoms with Gasteiger partial charge in [-0.25, -0.2) is 0 Å². The third-order valence-corrected chi connectivity index (χ3v) is 3.87. The van der Waals surface area contributed by atoms with Gasteiger partial charge < -0.3 is 14.7 Å². The van der Waals surface area contributed by atoms with Crippen molar-refractivity contribution in [1.82, 2.24) is 4.90 Å². The Hall–Kier alpha value is -1.06. The molecule has 0 spiro atoms. The maximum Gasteiger partial charge on any atom is 0.122 e. The molecule has 1 fully saturated rings. The summed E-state index contributed by atoms with van der Waals surface area (Å²) in [5.74, 6) is 1.70. The van der Waals surface area contributed by atoms with Crippen molar-refractivity contribution < 1.29 is 9.84 Å². The fourth-order valence-corrected chi connectivity index (χ4v) is 2.50. The quantitative estimate of drug-likeness (QED) is 0.886. The number of piperidine rings is 1. The van der Waals surface area contributed by atoms with Crippen LogP contribution < -0.4 is 4.74 Å². The van der Waals surface area contributed by atoms with Crippen molar-refractivity contribution in [3.63, 3.8) is 0 Å². The molecule has 0 bridgehead atoms. The largest absolute Gasteiger partial charge is 0.491 e. The van der Waals surface area contributed by atoms with Gasteiger partial charge in [-0.2, -0.15) is 0 Å². The first-order valence-corrected chi connectivity index (χ1v) is 7.24. The van der Waals surface area contributed by atoms with Crippen LogP contribution in [0.3, 0.4) is 0 Å². The van der Waals surface area contributed by atoms with Gasteiger partial charge in [0.25, 0.3) is 0 Å². The Bertz CT molecular complexity index is 386. The molecule has 0 amide bonds. The molecule has 1 saturated heterocycles. The first kappa shape index (κ1) is 14.4. The standard InChI is InChI=1S/C16H25NO2/c1-13-7-9-17(10-8-13)11-15(18)12-19-16-6-4-3-5-14(16)2/h3-6,13,15,18H,7-12H2,1-2H3/t15-/m1/s1. The number of nitrogens with zero attached hydrogens (tertiary/aromatic N) is 1. The Labute approximate surface area is 116 Å². The van der Waals surface area contributed by atoms with Gasteiger partial charge in [0, 0.05) is 6.54 Å². The lowest BCUT2D eigenvalue weighted by Crippen LogP contribution is -2.40. The van der Waals surface area contributed by atoms with Gasteiger partial charge in [-0.05, 0) is 50.4 Å². The molecular weight excluding hydrogens is 238 g/mol. The van der Waals surface area contributed by atoms with E-state index in [9.17, 15) is 5.11 Å². The average molecular weight is 263 g/mol. The molecule has 0 aromatic heterocycles. The van der Waals surface area contributed by atoms with Crippen molar-refractivity contribution in [3.8, 4) is 5.75 Å². The highest BCUT2D eigenvalue weighted by atomic mass is 16.5. The van der Waals surface area contributed by atoms with Crippen LogP contribution >= 0.6 is 0 Å². The fraction of sp³-hybridized carbons (Fsp3) is 0.625. The minimum Gasteiger partial charge on any atom is -0.491 e. The second kappa shape index (κ2) is 6.92. The SMILES string of the molecule is Cc1ccccc1OC[C@H](O)CN1CCC(C)CC1. The van der Waals surface area contributed by atoms with Gasteiger partial charge >= 0.3 is 0 Å². The van der Waals surface area contributed by atoms with E-state index in [2.05, 4.69) is 11.8 Å². The van der Waals surface area contributed by atoms with Crippen molar-refractivity contribution in [2.75, 3.05) is 26.2 Å². The predicted octanol–water partition coefficient (Wildman–Crippen LogP) is 2.47. The average Bonchev–Trinajstić information content (AvgIpc) is 2.40. The van der Waals surface area contributed by atoms with Crippen LogP contribution in [0.4, 0.5) is 0 Å². The number of hydrogen-bond donors (Lipinski definition) is 1. The minimum atomic E-state index is -0.409. The van der Waals surface area contributed by atoms with Gasteiger partial charge in [0.05, 0.1) is 0 Å². The molecule has 3 heteroatoms. The molecule has 19 heavy (non-hydrogen) atoms. The molecular formula is C16H25NO2. The Morgan fingerprint density at radius 1 is 1.32 bits per heavy atom. The summed E-state index contributed by atoms with van der Waals surface area (Å²) in [5, 5.41) is 10.1. The third kappa shape index (κ3) is 4.51. The van der Waals surface area contributed by atoms with Gasteiger partial charge in [0.2, 0.25) is 0 Å². The van der Waals surface area contributed by atoms with Crippen LogP contribution in [0.15, 0.2) is 24.3 Å². The summed E-state index contributed by atoms with van der Waals surface area (Å²) >= 11 is 0. The van der Waals surface area contributed by atoms with Gasteiger partial charge in [0.15, 0.2) is 0 Å². The molecule has 1 aliphatic heterocycles. The third-order valence-electron chi connectivity index (χ3n) is 3.87. The highest BCUT2D eigenvalue weighted by Crippen LogP contribution is 2.18. The molecule has 0 aliphatic carbocycles. The van der Waals surface area contributed by atoms with E-state index >= 15 is 0 Å². The van der Waals surface area contributed by atoms with E-state index in [0.29, 0.717) is 6.61 Å². The lowest BCUT2D eigenvalue weighted by atomic mass is 9.99. The molecule has 1 atom stereocenters. The molecule has 0 unspecified atom stereocenters. The number of para-hydroxylation sites is 1. The maximum atomic E-state index is 10.1. The molecule has 0 saturated carbocycles. The van der Waals surface area contributed by atoms with Crippen LogP contribution in [0.5, 0.6) is 5.75 Å². The van der Waals surface area contributed by atoms with Crippen LogP contribution in [-0.2, 0) is 0 Å². The van der Waals surface area contributed by atoms with Gasteiger partial charge in [-0.1, -0.05) is 25.1 Å². The Kier molecular flexibility index (Phi) is 5.23. The molecule has 1 aromatic rings. The van der Waals surface area contributed by atoms with E-state index in [4.69, 9.17) is 4.74 Å². The first-order chi connectivity index (χ1) is 9.15. The molecule has 2 rings (SSSR count). The second-order valence-electron chi connectivity index (χ2n) is 5.71. The van der Waals surface area contributed by atoms with Crippen LogP contribution in [0.1, 0.15) is 25.3 Å². The molecule has 3 nitrogen and oxygen atoms in total. The molecule has 1 aromatic carbocycles. The summed E-state index contributed by atoms with van der Waals surface area (Å²) < 4.78 is 5.68. The summed E-state index contributed by atoms with van der Waals surface area (Å²) in [6.45, 7) is 7.61. The highest BCUT2D eigenvalue weighted by Gasteiger charge is 2.18. The van der Waals surface area contributed by atoms with E-state index in [1.54, 1.807) is 0 Å². The predicted molar refractivity (Wildman–Crippen MR) is 77.5 cm³/mol. The Morgan fingerprint density at radius 2 is 2.00 bits per heavy atom. The molecule has 1 heterocycles. The molecule has 1 aliphatic rings. The number of benzene rings is 1. The zero-order valence-electron chi connectivity index (χ0n) is 12.0. The van der Waals surface area contributed by atoms with Crippen molar-refractivity contribution in [2.24, 2.45) is 5.92 Å². The van der Waals surface area contributed by atoms with E-state index in [-0.39, 0.29) is 0 Å². The van der Waals surface area contributed by atoms with Crippen molar-refractivity contribution in [3.05, 3.63) is 29.8 Å². The number of aryl methyl sites for hydroxylation is 1. The molecule has 106 valence electrons. The van der Waals surface area contributed by atoms with Gasteiger partial charge in [-0.3, -0.25) is 0 Å². The smallest absolute Gasteiger partial charge is 0.122 e. The number of rotatable bonds is 5. The number of hydrogen-bond acceptors (Lipinski definition) is 3. The summed E-state index contributed by atoms with van der Waals surface area (Å²) in [5.41, 5.74) is 1.11. The van der Waals surface area contributed by atoms with Crippen LogP contribution in [0, 0.1) is 12.8 Å². The van der Waals surface area contributed by atoms with Crippen molar-refractivity contribution >= 4 is 0 Å². The Balaban J connectivity index is 1.73. The molecule has 1 N–H and O–H groups in total. The Morgan fingerprint density at radius 3 is 2.68 bits per heavy atom. The molecule has 0 radical (unpaired) electrons. The van der Waals surface area contributed by atoms with Crippen LogP contribution in [0.2, 0.25) is 0 Å². The number of ether oxygens (including phenoxy) is 1. The van der Waals surface area contributed by atoms with Crippen LogP contribution in [0.25, 0.3) is 0 Å². The maximum absolute atomic E-state index is 10.1. The van der Waals surface area contributed by atoms with Crippen molar-refractivity contribution in [2.45, 2.75) is 32.8 Å². The van der Waals surface area contributed by atoms with Gasteiger partial charge in [-0.15, -0.1) is 0 Å².